The lowest BCUT2D eigenvalue weighted by Crippen LogP contribution is -2.31. The summed E-state index contributed by atoms with van der Waals surface area (Å²) < 4.78 is 5.28. The first-order chi connectivity index (χ1) is 11.5. The van der Waals surface area contributed by atoms with Crippen molar-refractivity contribution in [1.29, 1.82) is 0 Å². The van der Waals surface area contributed by atoms with E-state index in [-0.39, 0.29) is 18.4 Å². The SMILES string of the molecule is CCc1nc(C)c([C@H](C)N(C)C(=O)Cc2noc3ccccc23)s1. The smallest absolute Gasteiger partial charge is 0.229 e. The summed E-state index contributed by atoms with van der Waals surface area (Å²) in [5, 5.41) is 6.06. The van der Waals surface area contributed by atoms with E-state index >= 15 is 0 Å². The molecule has 0 aliphatic heterocycles. The molecule has 1 amide bonds. The molecule has 0 radical (unpaired) electrons. The standard InChI is InChI=1S/C18H21N3O2S/c1-5-16-19-11(2)18(24-16)12(3)21(4)17(22)10-14-13-8-6-7-9-15(13)23-20-14/h6-9,12H,5,10H2,1-4H3/t12-/m0/s1. The molecule has 6 heteroatoms. The molecule has 2 heterocycles. The van der Waals surface area contributed by atoms with Gasteiger partial charge in [0.1, 0.15) is 5.69 Å². The first-order valence-electron chi connectivity index (χ1n) is 8.06. The van der Waals surface area contributed by atoms with Crippen LogP contribution in [0, 0.1) is 6.92 Å². The Hall–Kier alpha value is -2.21. The van der Waals surface area contributed by atoms with Crippen LogP contribution in [0.5, 0.6) is 0 Å². The van der Waals surface area contributed by atoms with E-state index in [1.807, 2.05) is 45.2 Å². The minimum absolute atomic E-state index is 0.00605. The molecule has 0 bridgehead atoms. The molecule has 0 saturated heterocycles. The van der Waals surface area contributed by atoms with Gasteiger partial charge in [0.05, 0.1) is 23.2 Å². The largest absolute Gasteiger partial charge is 0.356 e. The Kier molecular flexibility index (Phi) is 4.66. The Morgan fingerprint density at radius 3 is 2.83 bits per heavy atom. The summed E-state index contributed by atoms with van der Waals surface area (Å²) in [5.74, 6) is 0.0207. The summed E-state index contributed by atoms with van der Waals surface area (Å²) >= 11 is 1.68. The third-order valence-corrected chi connectivity index (χ3v) is 5.78. The zero-order valence-corrected chi connectivity index (χ0v) is 15.2. The number of carbonyl (C=O) groups is 1. The van der Waals surface area contributed by atoms with E-state index in [0.29, 0.717) is 11.3 Å². The highest BCUT2D eigenvalue weighted by Gasteiger charge is 2.23. The van der Waals surface area contributed by atoms with Gasteiger partial charge < -0.3 is 9.42 Å². The van der Waals surface area contributed by atoms with Crippen LogP contribution >= 0.6 is 11.3 Å². The number of hydrogen-bond donors (Lipinski definition) is 0. The van der Waals surface area contributed by atoms with Gasteiger partial charge in [-0.15, -0.1) is 11.3 Å². The average molecular weight is 343 g/mol. The topological polar surface area (TPSA) is 59.2 Å². The average Bonchev–Trinajstić information content (AvgIpc) is 3.17. The first kappa shape index (κ1) is 16.6. The fraction of sp³-hybridized carbons (Fsp3) is 0.389. The molecule has 0 fully saturated rings. The highest BCUT2D eigenvalue weighted by atomic mass is 32.1. The fourth-order valence-corrected chi connectivity index (χ4v) is 3.83. The van der Waals surface area contributed by atoms with Crippen molar-refractivity contribution in [3.8, 4) is 0 Å². The maximum absolute atomic E-state index is 12.7. The molecule has 0 N–H and O–H groups in total. The summed E-state index contributed by atoms with van der Waals surface area (Å²) in [6, 6.07) is 7.60. The van der Waals surface area contributed by atoms with Crippen molar-refractivity contribution >= 4 is 28.2 Å². The number of carbonyl (C=O) groups excluding carboxylic acids is 1. The Morgan fingerprint density at radius 1 is 1.38 bits per heavy atom. The molecular formula is C18H21N3O2S. The molecule has 1 atom stereocenters. The van der Waals surface area contributed by atoms with Crippen LogP contribution in [0.25, 0.3) is 11.0 Å². The Labute approximate surface area is 145 Å². The molecule has 0 spiro atoms. The number of benzene rings is 1. The number of thiazole rings is 1. The second-order valence-corrected chi connectivity index (χ2v) is 7.01. The highest BCUT2D eigenvalue weighted by Crippen LogP contribution is 2.29. The van der Waals surface area contributed by atoms with Gasteiger partial charge in [-0.1, -0.05) is 24.2 Å². The lowest BCUT2D eigenvalue weighted by Gasteiger charge is -2.24. The molecule has 0 aliphatic carbocycles. The lowest BCUT2D eigenvalue weighted by molar-refractivity contribution is -0.131. The van der Waals surface area contributed by atoms with Gasteiger partial charge in [0.25, 0.3) is 0 Å². The van der Waals surface area contributed by atoms with Gasteiger partial charge in [0.15, 0.2) is 5.58 Å². The van der Waals surface area contributed by atoms with E-state index in [9.17, 15) is 4.79 Å². The van der Waals surface area contributed by atoms with Gasteiger partial charge in [-0.3, -0.25) is 4.79 Å². The van der Waals surface area contributed by atoms with Gasteiger partial charge in [-0.05, 0) is 32.4 Å². The predicted octanol–water partition coefficient (Wildman–Crippen LogP) is 3.92. The van der Waals surface area contributed by atoms with Crippen molar-refractivity contribution in [2.45, 2.75) is 39.7 Å². The molecule has 0 unspecified atom stereocenters. The number of nitrogens with zero attached hydrogens (tertiary/aromatic N) is 3. The fourth-order valence-electron chi connectivity index (χ4n) is 2.73. The molecule has 2 aromatic heterocycles. The van der Waals surface area contributed by atoms with Crippen molar-refractivity contribution in [3.63, 3.8) is 0 Å². The predicted molar refractivity (Wildman–Crippen MR) is 95.1 cm³/mol. The molecule has 3 aromatic rings. The maximum atomic E-state index is 12.7. The van der Waals surface area contributed by atoms with Crippen LogP contribution in [0.4, 0.5) is 0 Å². The highest BCUT2D eigenvalue weighted by molar-refractivity contribution is 7.11. The third kappa shape index (κ3) is 3.06. The zero-order chi connectivity index (χ0) is 17.3. The van der Waals surface area contributed by atoms with Crippen molar-refractivity contribution in [3.05, 3.63) is 45.5 Å². The number of hydrogen-bond acceptors (Lipinski definition) is 5. The molecule has 5 nitrogen and oxygen atoms in total. The second-order valence-electron chi connectivity index (χ2n) is 5.89. The van der Waals surface area contributed by atoms with E-state index in [1.54, 1.807) is 16.2 Å². The lowest BCUT2D eigenvalue weighted by atomic mass is 10.1. The Balaban J connectivity index is 1.77. The molecule has 1 aromatic carbocycles. The van der Waals surface area contributed by atoms with Crippen LogP contribution in [0.2, 0.25) is 0 Å². The van der Waals surface area contributed by atoms with E-state index in [4.69, 9.17) is 4.52 Å². The summed E-state index contributed by atoms with van der Waals surface area (Å²) in [6.07, 6.45) is 1.15. The summed E-state index contributed by atoms with van der Waals surface area (Å²) in [6.45, 7) is 6.14. The Morgan fingerprint density at radius 2 is 2.12 bits per heavy atom. The van der Waals surface area contributed by atoms with Crippen molar-refractivity contribution < 1.29 is 9.32 Å². The van der Waals surface area contributed by atoms with E-state index in [0.717, 1.165) is 27.4 Å². The number of fused-ring (bicyclic) bond motifs is 1. The normalized spacial score (nSPS) is 12.5. The first-order valence-corrected chi connectivity index (χ1v) is 8.88. The summed E-state index contributed by atoms with van der Waals surface area (Å²) in [5.41, 5.74) is 2.41. The van der Waals surface area contributed by atoms with Crippen LogP contribution in [-0.4, -0.2) is 28.0 Å². The van der Waals surface area contributed by atoms with Gasteiger partial charge in [-0.2, -0.15) is 0 Å². The van der Waals surface area contributed by atoms with Crippen LogP contribution in [-0.2, 0) is 17.6 Å². The van der Waals surface area contributed by atoms with Gasteiger partial charge in [0.2, 0.25) is 5.91 Å². The number of amides is 1. The van der Waals surface area contributed by atoms with Crippen LogP contribution < -0.4 is 0 Å². The molecule has 126 valence electrons. The minimum atomic E-state index is -0.00605. The second kappa shape index (κ2) is 6.73. The molecule has 0 saturated carbocycles. The van der Waals surface area contributed by atoms with Gasteiger partial charge in [0, 0.05) is 17.3 Å². The quantitative estimate of drug-likeness (QED) is 0.704. The van der Waals surface area contributed by atoms with Crippen molar-refractivity contribution in [2.24, 2.45) is 0 Å². The molecular weight excluding hydrogens is 322 g/mol. The van der Waals surface area contributed by atoms with E-state index < -0.39 is 0 Å². The van der Waals surface area contributed by atoms with Gasteiger partial charge in [-0.25, -0.2) is 4.98 Å². The van der Waals surface area contributed by atoms with Crippen LogP contribution in [0.3, 0.4) is 0 Å². The van der Waals surface area contributed by atoms with Crippen molar-refractivity contribution in [2.75, 3.05) is 7.05 Å². The number of para-hydroxylation sites is 1. The zero-order valence-electron chi connectivity index (χ0n) is 14.4. The summed E-state index contributed by atoms with van der Waals surface area (Å²) in [4.78, 5) is 20.2. The Bertz CT molecular complexity index is 868. The van der Waals surface area contributed by atoms with E-state index in [2.05, 4.69) is 17.1 Å². The van der Waals surface area contributed by atoms with Crippen molar-refractivity contribution in [1.82, 2.24) is 15.0 Å². The summed E-state index contributed by atoms with van der Waals surface area (Å²) in [7, 11) is 1.83. The number of aromatic nitrogens is 2. The monoisotopic (exact) mass is 343 g/mol. The molecule has 0 aliphatic rings. The number of aryl methyl sites for hydroxylation is 2. The number of rotatable bonds is 5. The third-order valence-electron chi connectivity index (χ3n) is 4.30. The van der Waals surface area contributed by atoms with Crippen LogP contribution in [0.1, 0.15) is 41.2 Å². The van der Waals surface area contributed by atoms with E-state index in [1.165, 1.54) is 0 Å². The number of likely N-dealkylation sites (N-methyl/N-ethyl adjacent to an activating group) is 1. The minimum Gasteiger partial charge on any atom is -0.356 e. The molecule has 24 heavy (non-hydrogen) atoms. The van der Waals surface area contributed by atoms with Gasteiger partial charge >= 0.3 is 0 Å². The molecule has 3 rings (SSSR count). The maximum Gasteiger partial charge on any atom is 0.229 e. The van der Waals surface area contributed by atoms with Crippen LogP contribution in [0.15, 0.2) is 28.8 Å².